The van der Waals surface area contributed by atoms with Crippen LogP contribution in [0, 0.1) is 0 Å². The number of amides is 1. The molecule has 0 saturated heterocycles. The van der Waals surface area contributed by atoms with Gasteiger partial charge in [0.15, 0.2) is 6.61 Å². The quantitative estimate of drug-likeness (QED) is 0.644. The number of hydrogen-bond donors (Lipinski definition) is 2. The van der Waals surface area contributed by atoms with Crippen LogP contribution in [0.25, 0.3) is 10.9 Å². The van der Waals surface area contributed by atoms with E-state index in [0.717, 1.165) is 28.7 Å². The standard InChI is InChI=1S/C20H21ClN4O2/c1-3-16(14-6-4-5-7-18(14)27-11-19(26)22-2)25-20-15-9-8-13(21)10-17(15)23-12-24-20/h4-10,12,16H,3,11H2,1-2H3,(H,22,26)(H,23,24,25). The number of hydrogen-bond acceptors (Lipinski definition) is 5. The first-order valence-corrected chi connectivity index (χ1v) is 9.09. The second-order valence-corrected chi connectivity index (χ2v) is 6.43. The van der Waals surface area contributed by atoms with Gasteiger partial charge in [-0.1, -0.05) is 36.7 Å². The fraction of sp³-hybridized carbons (Fsp3) is 0.250. The summed E-state index contributed by atoms with van der Waals surface area (Å²) in [5.41, 5.74) is 1.74. The molecule has 3 aromatic rings. The van der Waals surface area contributed by atoms with Gasteiger partial charge in [-0.15, -0.1) is 0 Å². The monoisotopic (exact) mass is 384 g/mol. The second-order valence-electron chi connectivity index (χ2n) is 5.99. The Kier molecular flexibility index (Phi) is 6.08. The summed E-state index contributed by atoms with van der Waals surface area (Å²) < 4.78 is 5.71. The van der Waals surface area contributed by atoms with Crippen molar-refractivity contribution in [2.75, 3.05) is 19.0 Å². The van der Waals surface area contributed by atoms with E-state index in [0.29, 0.717) is 10.8 Å². The number of aromatic nitrogens is 2. The van der Waals surface area contributed by atoms with Gasteiger partial charge in [0.1, 0.15) is 17.9 Å². The number of likely N-dealkylation sites (N-methyl/N-ethyl adjacent to an activating group) is 1. The van der Waals surface area contributed by atoms with Crippen molar-refractivity contribution in [1.29, 1.82) is 0 Å². The number of halogens is 1. The zero-order valence-corrected chi connectivity index (χ0v) is 16.0. The predicted molar refractivity (Wildman–Crippen MR) is 107 cm³/mol. The van der Waals surface area contributed by atoms with E-state index in [1.165, 1.54) is 6.33 Å². The van der Waals surface area contributed by atoms with Crippen LogP contribution in [0.1, 0.15) is 24.9 Å². The van der Waals surface area contributed by atoms with E-state index in [2.05, 4.69) is 27.5 Å². The van der Waals surface area contributed by atoms with Crippen molar-refractivity contribution in [3.63, 3.8) is 0 Å². The predicted octanol–water partition coefficient (Wildman–Crippen LogP) is 3.97. The maximum Gasteiger partial charge on any atom is 0.257 e. The number of anilines is 1. The minimum absolute atomic E-state index is 0.0289. The lowest BCUT2D eigenvalue weighted by molar-refractivity contribution is -0.122. The third kappa shape index (κ3) is 4.46. The van der Waals surface area contributed by atoms with Crippen molar-refractivity contribution in [2.24, 2.45) is 0 Å². The van der Waals surface area contributed by atoms with E-state index in [1.54, 1.807) is 7.05 Å². The third-order valence-corrected chi connectivity index (χ3v) is 4.48. The van der Waals surface area contributed by atoms with Gasteiger partial charge in [0.05, 0.1) is 11.6 Å². The zero-order valence-electron chi connectivity index (χ0n) is 15.2. The number of fused-ring (bicyclic) bond motifs is 1. The van der Waals surface area contributed by atoms with Crippen LogP contribution in [0.3, 0.4) is 0 Å². The van der Waals surface area contributed by atoms with Crippen molar-refractivity contribution >= 4 is 34.2 Å². The van der Waals surface area contributed by atoms with Gasteiger partial charge in [0, 0.05) is 23.0 Å². The summed E-state index contributed by atoms with van der Waals surface area (Å²) in [7, 11) is 1.58. The second kappa shape index (κ2) is 8.68. The smallest absolute Gasteiger partial charge is 0.257 e. The van der Waals surface area contributed by atoms with Crippen LogP contribution in [0.5, 0.6) is 5.75 Å². The first kappa shape index (κ1) is 18.9. The van der Waals surface area contributed by atoms with Gasteiger partial charge in [-0.25, -0.2) is 9.97 Å². The van der Waals surface area contributed by atoms with Crippen molar-refractivity contribution in [3.8, 4) is 5.75 Å². The molecule has 140 valence electrons. The van der Waals surface area contributed by atoms with Crippen molar-refractivity contribution in [2.45, 2.75) is 19.4 Å². The van der Waals surface area contributed by atoms with E-state index >= 15 is 0 Å². The summed E-state index contributed by atoms with van der Waals surface area (Å²) in [6.45, 7) is 2.05. The number of carbonyl (C=O) groups is 1. The number of para-hydroxylation sites is 1. The van der Waals surface area contributed by atoms with E-state index in [1.807, 2.05) is 42.5 Å². The van der Waals surface area contributed by atoms with E-state index in [9.17, 15) is 4.79 Å². The maximum absolute atomic E-state index is 11.5. The van der Waals surface area contributed by atoms with Gasteiger partial charge >= 0.3 is 0 Å². The normalized spacial score (nSPS) is 11.8. The molecule has 0 saturated carbocycles. The van der Waals surface area contributed by atoms with Gasteiger partial charge in [0.2, 0.25) is 0 Å². The Morgan fingerprint density at radius 2 is 2.04 bits per heavy atom. The minimum Gasteiger partial charge on any atom is -0.483 e. The molecule has 3 rings (SSSR count). The van der Waals surface area contributed by atoms with Gasteiger partial charge in [-0.05, 0) is 30.7 Å². The van der Waals surface area contributed by atoms with Crippen LogP contribution >= 0.6 is 11.6 Å². The fourth-order valence-electron chi connectivity index (χ4n) is 2.83. The summed E-state index contributed by atoms with van der Waals surface area (Å²) in [5, 5.41) is 7.55. The average molecular weight is 385 g/mol. The van der Waals surface area contributed by atoms with Crippen LogP contribution < -0.4 is 15.4 Å². The lowest BCUT2D eigenvalue weighted by Crippen LogP contribution is -2.25. The molecular formula is C20H21ClN4O2. The van der Waals surface area contributed by atoms with Crippen LogP contribution in [0.4, 0.5) is 5.82 Å². The van der Waals surface area contributed by atoms with Gasteiger partial charge in [0.25, 0.3) is 5.91 Å². The SMILES string of the molecule is CCC(Nc1ncnc2cc(Cl)ccc12)c1ccccc1OCC(=O)NC. The molecule has 2 aromatic carbocycles. The van der Waals surface area contributed by atoms with Crippen LogP contribution in [-0.2, 0) is 4.79 Å². The molecule has 0 spiro atoms. The number of rotatable bonds is 7. The lowest BCUT2D eigenvalue weighted by Gasteiger charge is -2.21. The highest BCUT2D eigenvalue weighted by atomic mass is 35.5. The Morgan fingerprint density at radius 3 is 2.81 bits per heavy atom. The fourth-order valence-corrected chi connectivity index (χ4v) is 2.99. The largest absolute Gasteiger partial charge is 0.483 e. The molecule has 0 fully saturated rings. The number of nitrogens with zero attached hydrogens (tertiary/aromatic N) is 2. The Bertz CT molecular complexity index is 948. The van der Waals surface area contributed by atoms with E-state index in [-0.39, 0.29) is 18.6 Å². The molecule has 7 heteroatoms. The topological polar surface area (TPSA) is 76.1 Å². The maximum atomic E-state index is 11.5. The summed E-state index contributed by atoms with van der Waals surface area (Å²) >= 11 is 6.06. The molecule has 27 heavy (non-hydrogen) atoms. The van der Waals surface area contributed by atoms with Crippen LogP contribution in [0.2, 0.25) is 5.02 Å². The summed E-state index contributed by atoms with van der Waals surface area (Å²) in [4.78, 5) is 20.2. The van der Waals surface area contributed by atoms with Crippen LogP contribution in [-0.4, -0.2) is 29.5 Å². The van der Waals surface area contributed by atoms with Gasteiger partial charge < -0.3 is 15.4 Å². The molecule has 0 aliphatic heterocycles. The summed E-state index contributed by atoms with van der Waals surface area (Å²) in [6, 6.07) is 13.2. The number of carbonyl (C=O) groups excluding carboxylic acids is 1. The molecule has 0 aliphatic rings. The molecular weight excluding hydrogens is 364 g/mol. The number of benzene rings is 2. The van der Waals surface area contributed by atoms with Gasteiger partial charge in [-0.2, -0.15) is 0 Å². The first-order chi connectivity index (χ1) is 13.1. The first-order valence-electron chi connectivity index (χ1n) is 8.71. The highest BCUT2D eigenvalue weighted by molar-refractivity contribution is 6.31. The summed E-state index contributed by atoms with van der Waals surface area (Å²) in [5.74, 6) is 1.22. The molecule has 0 aliphatic carbocycles. The Balaban J connectivity index is 1.89. The van der Waals surface area contributed by atoms with E-state index in [4.69, 9.17) is 16.3 Å². The molecule has 1 aromatic heterocycles. The third-order valence-electron chi connectivity index (χ3n) is 4.25. The molecule has 0 radical (unpaired) electrons. The molecule has 1 unspecified atom stereocenters. The zero-order chi connectivity index (χ0) is 19.2. The Morgan fingerprint density at radius 1 is 1.22 bits per heavy atom. The molecule has 1 amide bonds. The molecule has 1 heterocycles. The molecule has 6 nitrogen and oxygen atoms in total. The van der Waals surface area contributed by atoms with Crippen molar-refractivity contribution in [1.82, 2.24) is 15.3 Å². The van der Waals surface area contributed by atoms with Gasteiger partial charge in [-0.3, -0.25) is 4.79 Å². The van der Waals surface area contributed by atoms with Crippen molar-refractivity contribution < 1.29 is 9.53 Å². The minimum atomic E-state index is -0.176. The summed E-state index contributed by atoms with van der Waals surface area (Å²) in [6.07, 6.45) is 2.32. The molecule has 0 bridgehead atoms. The number of nitrogens with one attached hydrogen (secondary N) is 2. The van der Waals surface area contributed by atoms with Crippen molar-refractivity contribution in [3.05, 3.63) is 59.4 Å². The highest BCUT2D eigenvalue weighted by Gasteiger charge is 2.17. The lowest BCUT2D eigenvalue weighted by atomic mass is 10.0. The Hall–Kier alpha value is -2.86. The Labute approximate surface area is 162 Å². The molecule has 2 N–H and O–H groups in total. The highest BCUT2D eigenvalue weighted by Crippen LogP contribution is 2.32. The van der Waals surface area contributed by atoms with E-state index < -0.39 is 0 Å². The number of ether oxygens (including phenoxy) is 1. The average Bonchev–Trinajstić information content (AvgIpc) is 2.70. The van der Waals surface area contributed by atoms with Crippen LogP contribution in [0.15, 0.2) is 48.8 Å². The molecule has 1 atom stereocenters.